The van der Waals surface area contributed by atoms with Crippen LogP contribution >= 0.6 is 0 Å². The number of hydrogen-bond donors (Lipinski definition) is 3. The summed E-state index contributed by atoms with van der Waals surface area (Å²) in [6.07, 6.45) is -0.921. The van der Waals surface area contributed by atoms with E-state index in [-0.39, 0.29) is 0 Å². The van der Waals surface area contributed by atoms with Gasteiger partial charge < -0.3 is 20.3 Å². The Morgan fingerprint density at radius 1 is 1.15 bits per heavy atom. The van der Waals surface area contributed by atoms with Gasteiger partial charge in [-0.15, -0.1) is 0 Å². The lowest BCUT2D eigenvalue weighted by atomic mass is 9.68. The zero-order valence-electron chi connectivity index (χ0n) is 13.3. The molecule has 0 radical (unpaired) electrons. The number of aliphatic hydroxyl groups is 2. The largest absolute Gasteiger partial charge is 0.444 e. The van der Waals surface area contributed by atoms with E-state index in [0.29, 0.717) is 6.42 Å². The van der Waals surface area contributed by atoms with E-state index in [4.69, 9.17) is 4.74 Å². The highest BCUT2D eigenvalue weighted by Crippen LogP contribution is 2.67. The Kier molecular flexibility index (Phi) is 3.20. The van der Waals surface area contributed by atoms with Gasteiger partial charge in [-0.2, -0.15) is 0 Å². The fourth-order valence-electron chi connectivity index (χ4n) is 4.02. The number of aliphatic hydroxyl groups excluding tert-OH is 2. The Bertz CT molecular complexity index is 428. The van der Waals surface area contributed by atoms with Gasteiger partial charge in [0.25, 0.3) is 0 Å². The van der Waals surface area contributed by atoms with Crippen molar-refractivity contribution in [2.75, 3.05) is 0 Å². The normalized spacial score (nSPS) is 42.6. The van der Waals surface area contributed by atoms with E-state index >= 15 is 0 Å². The van der Waals surface area contributed by atoms with Gasteiger partial charge in [-0.3, -0.25) is 0 Å². The fourth-order valence-corrected chi connectivity index (χ4v) is 4.02. The summed E-state index contributed by atoms with van der Waals surface area (Å²) in [6, 6.07) is 0. The number of carbonyl (C=O) groups excluding carboxylic acids is 1. The van der Waals surface area contributed by atoms with Crippen molar-refractivity contribution in [3.05, 3.63) is 0 Å². The number of nitrogens with one attached hydrogen (secondary N) is 1. The molecule has 4 atom stereocenters. The van der Waals surface area contributed by atoms with Crippen LogP contribution in [0.2, 0.25) is 0 Å². The average molecular weight is 285 g/mol. The van der Waals surface area contributed by atoms with Crippen LogP contribution < -0.4 is 5.32 Å². The highest BCUT2D eigenvalue weighted by molar-refractivity contribution is 5.69. The van der Waals surface area contributed by atoms with E-state index in [1.165, 1.54) is 0 Å². The number of hydrogen-bond acceptors (Lipinski definition) is 4. The minimum atomic E-state index is -0.969. The second-order valence-corrected chi connectivity index (χ2v) is 8.03. The molecule has 2 saturated carbocycles. The van der Waals surface area contributed by atoms with Crippen molar-refractivity contribution in [3.63, 3.8) is 0 Å². The molecule has 5 heteroatoms. The van der Waals surface area contributed by atoms with E-state index in [2.05, 4.69) is 5.32 Å². The molecule has 2 bridgehead atoms. The smallest absolute Gasteiger partial charge is 0.408 e. The van der Waals surface area contributed by atoms with Gasteiger partial charge in [-0.1, -0.05) is 20.8 Å². The first-order valence-corrected chi connectivity index (χ1v) is 7.25. The van der Waals surface area contributed by atoms with Crippen molar-refractivity contribution in [1.29, 1.82) is 0 Å². The van der Waals surface area contributed by atoms with Gasteiger partial charge in [-0.05, 0) is 39.0 Å². The van der Waals surface area contributed by atoms with Crippen molar-refractivity contribution < 1.29 is 19.7 Å². The highest BCUT2D eigenvalue weighted by Gasteiger charge is 2.74. The number of ether oxygens (including phenoxy) is 1. The molecule has 0 aromatic heterocycles. The molecule has 0 aromatic carbocycles. The Labute approximate surface area is 120 Å². The molecular weight excluding hydrogens is 258 g/mol. The van der Waals surface area contributed by atoms with Crippen LogP contribution in [0.5, 0.6) is 0 Å². The van der Waals surface area contributed by atoms with E-state index in [0.717, 1.165) is 6.42 Å². The molecule has 2 aliphatic rings. The van der Waals surface area contributed by atoms with Crippen LogP contribution in [0.1, 0.15) is 54.4 Å². The van der Waals surface area contributed by atoms with Gasteiger partial charge in [0.1, 0.15) is 11.7 Å². The third kappa shape index (κ3) is 1.79. The molecule has 2 fully saturated rings. The minimum absolute atomic E-state index is 0.401. The van der Waals surface area contributed by atoms with Crippen LogP contribution in [-0.4, -0.2) is 39.7 Å². The first-order chi connectivity index (χ1) is 8.87. The van der Waals surface area contributed by atoms with Crippen LogP contribution in [0.3, 0.4) is 0 Å². The SMILES string of the molecule is CC(C)(C)OC(=O)N[C@]12CC[C@@](C)([C@@H](O)[C@@H]1O)C2(C)C. The van der Waals surface area contributed by atoms with Crippen molar-refractivity contribution in [2.45, 2.75) is 77.7 Å². The summed E-state index contributed by atoms with van der Waals surface area (Å²) in [5.41, 5.74) is -2.23. The van der Waals surface area contributed by atoms with Crippen molar-refractivity contribution in [2.24, 2.45) is 10.8 Å². The van der Waals surface area contributed by atoms with Gasteiger partial charge in [0.2, 0.25) is 0 Å². The molecule has 3 N–H and O–H groups in total. The second kappa shape index (κ2) is 4.10. The van der Waals surface area contributed by atoms with E-state index in [9.17, 15) is 15.0 Å². The van der Waals surface area contributed by atoms with Crippen LogP contribution in [0, 0.1) is 10.8 Å². The minimum Gasteiger partial charge on any atom is -0.444 e. The molecule has 2 rings (SSSR count). The maximum atomic E-state index is 12.1. The monoisotopic (exact) mass is 285 g/mol. The van der Waals surface area contributed by atoms with Crippen molar-refractivity contribution in [3.8, 4) is 0 Å². The molecule has 116 valence electrons. The van der Waals surface area contributed by atoms with Crippen LogP contribution in [0.15, 0.2) is 0 Å². The molecule has 5 nitrogen and oxygen atoms in total. The molecule has 2 aliphatic carbocycles. The quantitative estimate of drug-likeness (QED) is 0.686. The summed E-state index contributed by atoms with van der Waals surface area (Å²) < 4.78 is 5.31. The predicted octanol–water partition coefficient (Wildman–Crippen LogP) is 1.81. The van der Waals surface area contributed by atoms with E-state index in [1.54, 1.807) is 20.8 Å². The molecule has 0 unspecified atom stereocenters. The predicted molar refractivity (Wildman–Crippen MR) is 75.2 cm³/mol. The second-order valence-electron chi connectivity index (χ2n) is 8.03. The summed E-state index contributed by atoms with van der Waals surface area (Å²) in [5, 5.41) is 23.7. The van der Waals surface area contributed by atoms with E-state index in [1.807, 2.05) is 20.8 Å². The Balaban J connectivity index is 2.28. The first kappa shape index (κ1) is 15.6. The van der Waals surface area contributed by atoms with Crippen LogP contribution in [-0.2, 0) is 4.74 Å². The zero-order valence-corrected chi connectivity index (χ0v) is 13.3. The Morgan fingerprint density at radius 3 is 2.10 bits per heavy atom. The number of alkyl carbamates (subject to hydrolysis) is 1. The van der Waals surface area contributed by atoms with Crippen LogP contribution in [0.25, 0.3) is 0 Å². The summed E-state index contributed by atoms with van der Waals surface area (Å²) in [6.45, 7) is 11.4. The van der Waals surface area contributed by atoms with Gasteiger partial charge in [0, 0.05) is 5.41 Å². The first-order valence-electron chi connectivity index (χ1n) is 7.25. The lowest BCUT2D eigenvalue weighted by molar-refractivity contribution is -0.0598. The highest BCUT2D eigenvalue weighted by atomic mass is 16.6. The molecule has 0 aromatic rings. The van der Waals surface area contributed by atoms with Crippen molar-refractivity contribution >= 4 is 6.09 Å². The Morgan fingerprint density at radius 2 is 1.70 bits per heavy atom. The van der Waals surface area contributed by atoms with E-state index < -0.39 is 40.3 Å². The van der Waals surface area contributed by atoms with Gasteiger partial charge in [0.05, 0.1) is 11.6 Å². The van der Waals surface area contributed by atoms with Gasteiger partial charge >= 0.3 is 6.09 Å². The summed E-state index contributed by atoms with van der Waals surface area (Å²) in [4.78, 5) is 12.1. The molecule has 0 saturated heterocycles. The number of rotatable bonds is 1. The zero-order chi connectivity index (χ0) is 15.6. The third-order valence-electron chi connectivity index (χ3n) is 5.76. The summed E-state index contributed by atoms with van der Waals surface area (Å²) in [5.74, 6) is 0. The van der Waals surface area contributed by atoms with Crippen molar-refractivity contribution in [1.82, 2.24) is 5.32 Å². The maximum Gasteiger partial charge on any atom is 0.408 e. The topological polar surface area (TPSA) is 78.8 Å². The summed E-state index contributed by atoms with van der Waals surface area (Å²) >= 11 is 0. The Hall–Kier alpha value is -0.810. The molecule has 0 aliphatic heterocycles. The fraction of sp³-hybridized carbons (Fsp3) is 0.933. The maximum absolute atomic E-state index is 12.1. The summed E-state index contributed by atoms with van der Waals surface area (Å²) in [7, 11) is 0. The lowest BCUT2D eigenvalue weighted by Crippen LogP contribution is -2.61. The molecule has 0 heterocycles. The van der Waals surface area contributed by atoms with Crippen LogP contribution in [0.4, 0.5) is 4.79 Å². The third-order valence-corrected chi connectivity index (χ3v) is 5.76. The number of carbonyl (C=O) groups is 1. The molecule has 0 spiro atoms. The lowest BCUT2D eigenvalue weighted by Gasteiger charge is -2.42. The van der Waals surface area contributed by atoms with Gasteiger partial charge in [-0.25, -0.2) is 4.79 Å². The standard InChI is InChI=1S/C15H27NO4/c1-12(2,3)20-11(19)16-15-8-7-14(6,13(15,4)5)9(17)10(15)18/h9-10,17-18H,7-8H2,1-6H3,(H,16,19)/t9-,10-,14-,15+/m0/s1. The number of fused-ring (bicyclic) bond motifs is 2. The molecule has 20 heavy (non-hydrogen) atoms. The van der Waals surface area contributed by atoms with Gasteiger partial charge in [0.15, 0.2) is 0 Å². The molecular formula is C15H27NO4. The molecule has 1 amide bonds. The average Bonchev–Trinajstić information content (AvgIpc) is 2.50. The number of amides is 1.